The van der Waals surface area contributed by atoms with Gasteiger partial charge in [-0.1, -0.05) is 29.8 Å². The van der Waals surface area contributed by atoms with Crippen LogP contribution in [0.25, 0.3) is 10.4 Å². The zero-order valence-corrected chi connectivity index (χ0v) is 16.0. The number of primary amides is 1. The lowest BCUT2D eigenvalue weighted by Crippen LogP contribution is -2.20. The minimum atomic E-state index is -0.532. The molecular weight excluding hydrogens is 384 g/mol. The van der Waals surface area contributed by atoms with Crippen molar-refractivity contribution in [2.24, 2.45) is 5.73 Å². The SMILES string of the molecule is CNC(=O)Cc1cccc(Nc2sc(-c3ccc(Cl)cc3)cc2C(N)=O)n1. The second-order valence-corrected chi connectivity index (χ2v) is 7.20. The quantitative estimate of drug-likeness (QED) is 0.589. The third kappa shape index (κ3) is 4.64. The van der Waals surface area contributed by atoms with E-state index in [0.29, 0.717) is 27.1 Å². The maximum atomic E-state index is 11.9. The number of nitrogens with zero attached hydrogens (tertiary/aromatic N) is 1. The minimum Gasteiger partial charge on any atom is -0.366 e. The molecule has 3 rings (SSSR count). The molecule has 2 aromatic heterocycles. The third-order valence-corrected chi connectivity index (χ3v) is 5.15. The lowest BCUT2D eigenvalue weighted by Gasteiger charge is -2.07. The standard InChI is InChI=1S/C19H17ClN4O2S/c1-22-17(25)9-13-3-2-4-16(23-13)24-19-14(18(21)26)10-15(27-19)11-5-7-12(20)8-6-11/h2-8,10H,9H2,1H3,(H2,21,26)(H,22,25)(H,23,24). The van der Waals surface area contributed by atoms with Crippen molar-refractivity contribution in [3.8, 4) is 10.4 Å². The van der Waals surface area contributed by atoms with E-state index in [1.165, 1.54) is 11.3 Å². The number of likely N-dealkylation sites (N-methyl/N-ethyl adjacent to an activating group) is 1. The van der Waals surface area contributed by atoms with Crippen molar-refractivity contribution in [3.05, 3.63) is 64.8 Å². The Balaban J connectivity index is 1.90. The van der Waals surface area contributed by atoms with E-state index < -0.39 is 5.91 Å². The Morgan fingerprint density at radius 1 is 1.19 bits per heavy atom. The van der Waals surface area contributed by atoms with E-state index in [4.69, 9.17) is 17.3 Å². The van der Waals surface area contributed by atoms with E-state index in [0.717, 1.165) is 10.4 Å². The largest absolute Gasteiger partial charge is 0.366 e. The highest BCUT2D eigenvalue weighted by Gasteiger charge is 2.16. The highest BCUT2D eigenvalue weighted by molar-refractivity contribution is 7.19. The summed E-state index contributed by atoms with van der Waals surface area (Å²) >= 11 is 7.33. The number of pyridine rings is 1. The number of aromatic nitrogens is 1. The fourth-order valence-electron chi connectivity index (χ4n) is 2.44. The van der Waals surface area contributed by atoms with Crippen LogP contribution in [0.4, 0.5) is 10.8 Å². The summed E-state index contributed by atoms with van der Waals surface area (Å²) in [7, 11) is 1.58. The maximum absolute atomic E-state index is 11.9. The van der Waals surface area contributed by atoms with Gasteiger partial charge in [-0.3, -0.25) is 9.59 Å². The first-order chi connectivity index (χ1) is 13.0. The summed E-state index contributed by atoms with van der Waals surface area (Å²) in [6.07, 6.45) is 0.176. The van der Waals surface area contributed by atoms with Gasteiger partial charge >= 0.3 is 0 Å². The van der Waals surface area contributed by atoms with Gasteiger partial charge in [0, 0.05) is 16.9 Å². The van der Waals surface area contributed by atoms with Gasteiger partial charge in [-0.25, -0.2) is 4.98 Å². The van der Waals surface area contributed by atoms with Crippen molar-refractivity contribution < 1.29 is 9.59 Å². The number of halogens is 1. The number of nitrogens with one attached hydrogen (secondary N) is 2. The van der Waals surface area contributed by atoms with Gasteiger partial charge in [0.05, 0.1) is 17.7 Å². The number of nitrogens with two attached hydrogens (primary N) is 1. The van der Waals surface area contributed by atoms with Crippen LogP contribution in [0.3, 0.4) is 0 Å². The summed E-state index contributed by atoms with van der Waals surface area (Å²) in [5, 5.41) is 6.93. The molecule has 0 radical (unpaired) electrons. The van der Waals surface area contributed by atoms with E-state index in [1.807, 2.05) is 12.1 Å². The molecule has 0 spiro atoms. The summed E-state index contributed by atoms with van der Waals surface area (Å²) < 4.78 is 0. The fraction of sp³-hybridized carbons (Fsp3) is 0.105. The van der Waals surface area contributed by atoms with E-state index in [2.05, 4.69) is 15.6 Å². The highest BCUT2D eigenvalue weighted by atomic mass is 35.5. The Bertz CT molecular complexity index is 986. The summed E-state index contributed by atoms with van der Waals surface area (Å²) in [6, 6.07) is 14.4. The molecule has 0 atom stereocenters. The zero-order valence-electron chi connectivity index (χ0n) is 14.5. The molecule has 0 fully saturated rings. The van der Waals surface area contributed by atoms with E-state index >= 15 is 0 Å². The van der Waals surface area contributed by atoms with Gasteiger partial charge in [0.1, 0.15) is 10.8 Å². The molecular formula is C19H17ClN4O2S. The lowest BCUT2D eigenvalue weighted by atomic mass is 10.1. The third-order valence-electron chi connectivity index (χ3n) is 3.80. The Labute approximate surface area is 165 Å². The predicted molar refractivity (Wildman–Crippen MR) is 109 cm³/mol. The molecule has 0 aliphatic rings. The summed E-state index contributed by atoms with van der Waals surface area (Å²) in [4.78, 5) is 28.7. The number of carbonyl (C=O) groups excluding carboxylic acids is 2. The number of hydrogen-bond acceptors (Lipinski definition) is 5. The van der Waals surface area contributed by atoms with Crippen LogP contribution in [-0.4, -0.2) is 23.8 Å². The second-order valence-electron chi connectivity index (χ2n) is 5.71. The molecule has 3 aromatic rings. The Morgan fingerprint density at radius 2 is 1.93 bits per heavy atom. The molecule has 0 bridgehead atoms. The van der Waals surface area contributed by atoms with E-state index in [-0.39, 0.29) is 12.3 Å². The Morgan fingerprint density at radius 3 is 2.59 bits per heavy atom. The molecule has 0 saturated heterocycles. The maximum Gasteiger partial charge on any atom is 0.251 e. The number of benzene rings is 1. The van der Waals surface area contributed by atoms with Crippen molar-refractivity contribution in [2.45, 2.75) is 6.42 Å². The molecule has 0 saturated carbocycles. The smallest absolute Gasteiger partial charge is 0.251 e. The monoisotopic (exact) mass is 400 g/mol. The van der Waals surface area contributed by atoms with Crippen LogP contribution < -0.4 is 16.4 Å². The normalized spacial score (nSPS) is 10.4. The Hall–Kier alpha value is -2.90. The zero-order chi connectivity index (χ0) is 19.4. The van der Waals surface area contributed by atoms with E-state index in [1.54, 1.807) is 43.4 Å². The van der Waals surface area contributed by atoms with Crippen LogP contribution >= 0.6 is 22.9 Å². The van der Waals surface area contributed by atoms with Crippen molar-refractivity contribution in [3.63, 3.8) is 0 Å². The molecule has 2 heterocycles. The van der Waals surface area contributed by atoms with Crippen LogP contribution in [0.5, 0.6) is 0 Å². The van der Waals surface area contributed by atoms with E-state index in [9.17, 15) is 9.59 Å². The van der Waals surface area contributed by atoms with Crippen molar-refractivity contribution in [2.75, 3.05) is 12.4 Å². The van der Waals surface area contributed by atoms with Crippen LogP contribution in [0.15, 0.2) is 48.5 Å². The predicted octanol–water partition coefficient (Wildman–Crippen LogP) is 3.59. The van der Waals surface area contributed by atoms with Crippen LogP contribution in [-0.2, 0) is 11.2 Å². The topological polar surface area (TPSA) is 97.1 Å². The molecule has 0 aliphatic heterocycles. The molecule has 4 N–H and O–H groups in total. The number of hydrogen-bond donors (Lipinski definition) is 3. The molecule has 138 valence electrons. The molecule has 27 heavy (non-hydrogen) atoms. The fourth-order valence-corrected chi connectivity index (χ4v) is 3.64. The average Bonchev–Trinajstić information content (AvgIpc) is 3.06. The van der Waals surface area contributed by atoms with Crippen molar-refractivity contribution in [1.82, 2.24) is 10.3 Å². The number of thiophene rings is 1. The van der Waals surface area contributed by atoms with Gasteiger partial charge in [0.25, 0.3) is 5.91 Å². The molecule has 1 aromatic carbocycles. The van der Waals surface area contributed by atoms with Gasteiger partial charge in [0.15, 0.2) is 0 Å². The molecule has 6 nitrogen and oxygen atoms in total. The van der Waals surface area contributed by atoms with Gasteiger partial charge in [0.2, 0.25) is 5.91 Å². The molecule has 8 heteroatoms. The summed E-state index contributed by atoms with van der Waals surface area (Å²) in [5.41, 5.74) is 7.46. The number of amides is 2. The number of anilines is 2. The minimum absolute atomic E-state index is 0.126. The number of rotatable bonds is 6. The second kappa shape index (κ2) is 8.20. The number of carbonyl (C=O) groups is 2. The van der Waals surface area contributed by atoms with Crippen LogP contribution in [0, 0.1) is 0 Å². The highest BCUT2D eigenvalue weighted by Crippen LogP contribution is 2.37. The Kier molecular flexibility index (Phi) is 5.73. The average molecular weight is 401 g/mol. The first kappa shape index (κ1) is 18.9. The molecule has 0 aliphatic carbocycles. The van der Waals surface area contributed by atoms with Gasteiger partial charge in [-0.05, 0) is 35.9 Å². The van der Waals surface area contributed by atoms with Gasteiger partial charge in [-0.2, -0.15) is 0 Å². The van der Waals surface area contributed by atoms with Crippen molar-refractivity contribution in [1.29, 1.82) is 0 Å². The van der Waals surface area contributed by atoms with Crippen LogP contribution in [0.2, 0.25) is 5.02 Å². The van der Waals surface area contributed by atoms with Gasteiger partial charge < -0.3 is 16.4 Å². The first-order valence-corrected chi connectivity index (χ1v) is 9.29. The lowest BCUT2D eigenvalue weighted by molar-refractivity contribution is -0.120. The first-order valence-electron chi connectivity index (χ1n) is 8.09. The summed E-state index contributed by atoms with van der Waals surface area (Å²) in [5.74, 6) is -0.127. The molecule has 0 unspecified atom stereocenters. The van der Waals surface area contributed by atoms with Crippen LogP contribution in [0.1, 0.15) is 16.1 Å². The van der Waals surface area contributed by atoms with Crippen molar-refractivity contribution >= 4 is 45.6 Å². The summed E-state index contributed by atoms with van der Waals surface area (Å²) in [6.45, 7) is 0. The molecule has 2 amide bonds. The van der Waals surface area contributed by atoms with Gasteiger partial charge in [-0.15, -0.1) is 11.3 Å².